The molecule has 0 radical (unpaired) electrons. The monoisotopic (exact) mass is 896 g/mol. The standard InChI is InChI=1S/C66H48N4/c1-7-25-49(26-8-1)67(50-27-9-2-10-28-50)61-43-19-39-57-55(61)37-21-45-63(57)69(53-33-15-5-16-34-53)65-47-23-42-60-59(65)41-24-48-66(60)70(54-35-17-6-18-36-54)64-46-22-38-56-58(64)40-20-44-62(56)68(51-29-11-3-12-30-51)52-31-13-4-14-32-52/h1-48H. The number of benzene rings is 12. The fourth-order valence-corrected chi connectivity index (χ4v) is 10.1. The van der Waals surface area contributed by atoms with E-state index in [1.165, 1.54) is 0 Å². The van der Waals surface area contributed by atoms with Gasteiger partial charge >= 0.3 is 0 Å². The zero-order valence-electron chi connectivity index (χ0n) is 38.5. The Hall–Kier alpha value is -9.38. The van der Waals surface area contributed by atoms with E-state index in [0.717, 1.165) is 101 Å². The first-order chi connectivity index (χ1) is 34.8. The first-order valence-corrected chi connectivity index (χ1v) is 23.9. The molecule has 0 heterocycles. The van der Waals surface area contributed by atoms with E-state index in [-0.39, 0.29) is 0 Å². The second-order valence-corrected chi connectivity index (χ2v) is 17.3. The molecule has 332 valence electrons. The van der Waals surface area contributed by atoms with Crippen molar-refractivity contribution in [1.82, 2.24) is 0 Å². The van der Waals surface area contributed by atoms with Gasteiger partial charge in [-0.15, -0.1) is 0 Å². The van der Waals surface area contributed by atoms with Crippen LogP contribution in [0, 0.1) is 0 Å². The third-order valence-electron chi connectivity index (χ3n) is 13.2. The van der Waals surface area contributed by atoms with E-state index in [9.17, 15) is 0 Å². The van der Waals surface area contributed by atoms with Gasteiger partial charge in [-0.2, -0.15) is 0 Å². The number of nitrogens with zero attached hydrogens (tertiary/aromatic N) is 4. The minimum atomic E-state index is 1.07. The minimum Gasteiger partial charge on any atom is -0.310 e. The highest BCUT2D eigenvalue weighted by Crippen LogP contribution is 2.49. The summed E-state index contributed by atoms with van der Waals surface area (Å²) in [4.78, 5) is 9.59. The fraction of sp³-hybridized carbons (Fsp3) is 0. The highest BCUT2D eigenvalue weighted by molar-refractivity contribution is 6.13. The molecule has 0 unspecified atom stereocenters. The van der Waals surface area contributed by atoms with Crippen molar-refractivity contribution >= 4 is 101 Å². The first-order valence-electron chi connectivity index (χ1n) is 23.9. The van der Waals surface area contributed by atoms with Crippen LogP contribution in [0.2, 0.25) is 0 Å². The van der Waals surface area contributed by atoms with Crippen molar-refractivity contribution in [3.63, 3.8) is 0 Å². The van der Waals surface area contributed by atoms with E-state index in [2.05, 4.69) is 311 Å². The Morgan fingerprint density at radius 3 is 0.471 bits per heavy atom. The predicted molar refractivity (Wildman–Crippen MR) is 298 cm³/mol. The second kappa shape index (κ2) is 18.7. The van der Waals surface area contributed by atoms with Gasteiger partial charge in [-0.3, -0.25) is 0 Å². The molecular weight excluding hydrogens is 849 g/mol. The van der Waals surface area contributed by atoms with Gasteiger partial charge in [0.2, 0.25) is 0 Å². The summed E-state index contributed by atoms with van der Waals surface area (Å²) < 4.78 is 0. The van der Waals surface area contributed by atoms with Crippen molar-refractivity contribution in [1.29, 1.82) is 0 Å². The third kappa shape index (κ3) is 7.74. The maximum atomic E-state index is 2.44. The van der Waals surface area contributed by atoms with Crippen LogP contribution in [0.4, 0.5) is 68.2 Å². The summed E-state index contributed by atoms with van der Waals surface area (Å²) in [6, 6.07) is 104. The fourth-order valence-electron chi connectivity index (χ4n) is 10.1. The van der Waals surface area contributed by atoms with Crippen LogP contribution in [-0.2, 0) is 0 Å². The van der Waals surface area contributed by atoms with Gasteiger partial charge in [-0.05, 0) is 109 Å². The summed E-state index contributed by atoms with van der Waals surface area (Å²) in [5.74, 6) is 0. The molecule has 0 amide bonds. The highest BCUT2D eigenvalue weighted by atomic mass is 15.2. The number of anilines is 12. The van der Waals surface area contributed by atoms with Gasteiger partial charge < -0.3 is 19.6 Å². The van der Waals surface area contributed by atoms with E-state index in [1.54, 1.807) is 0 Å². The van der Waals surface area contributed by atoms with Crippen LogP contribution in [0.25, 0.3) is 32.3 Å². The van der Waals surface area contributed by atoms with Gasteiger partial charge in [0, 0.05) is 66.4 Å². The lowest BCUT2D eigenvalue weighted by Gasteiger charge is -2.32. The predicted octanol–water partition coefficient (Wildman–Crippen LogP) is 19.0. The van der Waals surface area contributed by atoms with Crippen LogP contribution in [0.3, 0.4) is 0 Å². The lowest BCUT2D eigenvalue weighted by Crippen LogP contribution is -2.14. The van der Waals surface area contributed by atoms with Crippen molar-refractivity contribution in [3.8, 4) is 0 Å². The Labute approximate surface area is 409 Å². The molecule has 0 fully saturated rings. The minimum absolute atomic E-state index is 1.07. The molecule has 0 atom stereocenters. The van der Waals surface area contributed by atoms with Crippen LogP contribution < -0.4 is 19.6 Å². The number of hydrogen-bond donors (Lipinski definition) is 0. The van der Waals surface area contributed by atoms with Crippen molar-refractivity contribution in [3.05, 3.63) is 291 Å². The molecule has 0 N–H and O–H groups in total. The SMILES string of the molecule is c1ccc(N(c2ccccc2)c2cccc3c(N(c4ccccc4)c4cccc5c(N(c6ccccc6)c6cccc7c(N(c8ccccc8)c8ccccc8)cccc67)cccc45)cccc23)cc1. The molecule has 12 rings (SSSR count). The topological polar surface area (TPSA) is 13.0 Å². The molecule has 0 bridgehead atoms. The average Bonchev–Trinajstić information content (AvgIpc) is 3.43. The molecule has 12 aromatic rings. The molecule has 0 saturated heterocycles. The normalized spacial score (nSPS) is 11.1. The van der Waals surface area contributed by atoms with Crippen molar-refractivity contribution in [2.45, 2.75) is 0 Å². The third-order valence-corrected chi connectivity index (χ3v) is 13.2. The number of fused-ring (bicyclic) bond motifs is 3. The quantitative estimate of drug-likeness (QED) is 0.121. The molecule has 0 saturated carbocycles. The van der Waals surface area contributed by atoms with E-state index in [0.29, 0.717) is 0 Å². The largest absolute Gasteiger partial charge is 0.310 e. The Kier molecular flexibility index (Phi) is 11.2. The van der Waals surface area contributed by atoms with Crippen LogP contribution in [0.5, 0.6) is 0 Å². The molecule has 70 heavy (non-hydrogen) atoms. The smallest absolute Gasteiger partial charge is 0.0541 e. The molecule has 12 aromatic carbocycles. The van der Waals surface area contributed by atoms with Crippen molar-refractivity contribution < 1.29 is 0 Å². The van der Waals surface area contributed by atoms with E-state index in [1.807, 2.05) is 0 Å². The molecular formula is C66H48N4. The maximum absolute atomic E-state index is 2.44. The Morgan fingerprint density at radius 1 is 0.129 bits per heavy atom. The first kappa shape index (κ1) is 42.0. The summed E-state index contributed by atoms with van der Waals surface area (Å²) in [5, 5.41) is 6.86. The summed E-state index contributed by atoms with van der Waals surface area (Å²) in [6.07, 6.45) is 0. The van der Waals surface area contributed by atoms with E-state index < -0.39 is 0 Å². The summed E-state index contributed by atoms with van der Waals surface area (Å²) in [5.41, 5.74) is 13.1. The Balaban J connectivity index is 1.05. The van der Waals surface area contributed by atoms with Gasteiger partial charge in [-0.25, -0.2) is 0 Å². The maximum Gasteiger partial charge on any atom is 0.0541 e. The molecule has 4 heteroatoms. The summed E-state index contributed by atoms with van der Waals surface area (Å²) >= 11 is 0. The zero-order valence-corrected chi connectivity index (χ0v) is 38.5. The van der Waals surface area contributed by atoms with E-state index in [4.69, 9.17) is 0 Å². The molecule has 4 nitrogen and oxygen atoms in total. The zero-order chi connectivity index (χ0) is 46.6. The number of rotatable bonds is 12. The molecule has 0 aliphatic carbocycles. The van der Waals surface area contributed by atoms with Crippen molar-refractivity contribution in [2.75, 3.05) is 19.6 Å². The van der Waals surface area contributed by atoms with Gasteiger partial charge in [0.15, 0.2) is 0 Å². The molecule has 0 aliphatic rings. The summed E-state index contributed by atoms with van der Waals surface area (Å²) in [6.45, 7) is 0. The molecule has 0 aliphatic heterocycles. The lowest BCUT2D eigenvalue weighted by atomic mass is 10.00. The van der Waals surface area contributed by atoms with Gasteiger partial charge in [0.05, 0.1) is 34.1 Å². The number of para-hydroxylation sites is 6. The van der Waals surface area contributed by atoms with Crippen molar-refractivity contribution in [2.24, 2.45) is 0 Å². The van der Waals surface area contributed by atoms with Crippen LogP contribution in [0.1, 0.15) is 0 Å². The van der Waals surface area contributed by atoms with Crippen LogP contribution >= 0.6 is 0 Å². The molecule has 0 spiro atoms. The Bertz CT molecular complexity index is 3390. The van der Waals surface area contributed by atoms with Gasteiger partial charge in [0.1, 0.15) is 0 Å². The summed E-state index contributed by atoms with van der Waals surface area (Å²) in [7, 11) is 0. The van der Waals surface area contributed by atoms with Gasteiger partial charge in [-0.1, -0.05) is 182 Å². The lowest BCUT2D eigenvalue weighted by molar-refractivity contribution is 1.28. The molecule has 0 aromatic heterocycles. The number of hydrogen-bond acceptors (Lipinski definition) is 4. The van der Waals surface area contributed by atoms with Crippen LogP contribution in [0.15, 0.2) is 291 Å². The highest BCUT2D eigenvalue weighted by Gasteiger charge is 2.24. The van der Waals surface area contributed by atoms with Crippen LogP contribution in [-0.4, -0.2) is 0 Å². The van der Waals surface area contributed by atoms with E-state index >= 15 is 0 Å². The second-order valence-electron chi connectivity index (χ2n) is 17.3. The average molecular weight is 897 g/mol. The Morgan fingerprint density at radius 2 is 0.286 bits per heavy atom. The van der Waals surface area contributed by atoms with Gasteiger partial charge in [0.25, 0.3) is 0 Å².